The zero-order chi connectivity index (χ0) is 13.3. The molecular weight excluding hydrogens is 260 g/mol. The molecule has 4 nitrogen and oxygen atoms in total. The van der Waals surface area contributed by atoms with Crippen molar-refractivity contribution in [1.29, 1.82) is 0 Å². The van der Waals surface area contributed by atoms with E-state index in [1.165, 1.54) is 0 Å². The Bertz CT molecular complexity index is 686. The number of sulfonamides is 1. The van der Waals surface area contributed by atoms with Crippen LogP contribution < -0.4 is 0 Å². The SMILES string of the molecule is O=S(=O)(c1cccc2cnccc12)N1CCCCC1. The molecule has 1 fully saturated rings. The Morgan fingerprint density at radius 2 is 1.84 bits per heavy atom. The summed E-state index contributed by atoms with van der Waals surface area (Å²) in [6, 6.07) is 7.12. The summed E-state index contributed by atoms with van der Waals surface area (Å²) < 4.78 is 27.0. The van der Waals surface area contributed by atoms with Gasteiger partial charge in [0.25, 0.3) is 0 Å². The number of aromatic nitrogens is 1. The predicted molar refractivity (Wildman–Crippen MR) is 74.4 cm³/mol. The molecule has 0 aliphatic carbocycles. The molecule has 1 aliphatic rings. The minimum Gasteiger partial charge on any atom is -0.264 e. The Kier molecular flexibility index (Phi) is 3.24. The van der Waals surface area contributed by atoms with Gasteiger partial charge in [-0.25, -0.2) is 8.42 Å². The monoisotopic (exact) mass is 276 g/mol. The number of hydrogen-bond donors (Lipinski definition) is 0. The van der Waals surface area contributed by atoms with Gasteiger partial charge in [0.2, 0.25) is 10.0 Å². The molecule has 1 aliphatic heterocycles. The third kappa shape index (κ3) is 2.24. The number of fused-ring (bicyclic) bond motifs is 1. The lowest BCUT2D eigenvalue weighted by atomic mass is 10.2. The second kappa shape index (κ2) is 4.90. The average molecular weight is 276 g/mol. The van der Waals surface area contributed by atoms with E-state index in [0.717, 1.165) is 30.0 Å². The second-order valence-electron chi connectivity index (χ2n) is 4.82. The summed E-state index contributed by atoms with van der Waals surface area (Å²) in [5, 5.41) is 1.61. The molecule has 0 amide bonds. The molecule has 19 heavy (non-hydrogen) atoms. The van der Waals surface area contributed by atoms with Crippen molar-refractivity contribution in [1.82, 2.24) is 9.29 Å². The summed E-state index contributed by atoms with van der Waals surface area (Å²) in [6.07, 6.45) is 6.35. The Hall–Kier alpha value is -1.46. The maximum Gasteiger partial charge on any atom is 0.243 e. The van der Waals surface area contributed by atoms with Crippen LogP contribution in [0.2, 0.25) is 0 Å². The highest BCUT2D eigenvalue weighted by molar-refractivity contribution is 7.89. The Labute approximate surface area is 113 Å². The van der Waals surface area contributed by atoms with Crippen molar-refractivity contribution in [2.45, 2.75) is 24.2 Å². The number of benzene rings is 1. The van der Waals surface area contributed by atoms with E-state index >= 15 is 0 Å². The number of piperidine rings is 1. The molecule has 0 saturated carbocycles. The molecule has 1 aromatic heterocycles. The lowest BCUT2D eigenvalue weighted by molar-refractivity contribution is 0.347. The molecule has 100 valence electrons. The van der Waals surface area contributed by atoms with Gasteiger partial charge in [-0.1, -0.05) is 18.6 Å². The lowest BCUT2D eigenvalue weighted by Gasteiger charge is -2.26. The fraction of sp³-hybridized carbons (Fsp3) is 0.357. The summed E-state index contributed by atoms with van der Waals surface area (Å²) >= 11 is 0. The van der Waals surface area contributed by atoms with E-state index < -0.39 is 10.0 Å². The largest absolute Gasteiger partial charge is 0.264 e. The molecule has 0 unspecified atom stereocenters. The van der Waals surface area contributed by atoms with Gasteiger partial charge in [0, 0.05) is 36.3 Å². The van der Waals surface area contributed by atoms with Crippen LogP contribution in [0.3, 0.4) is 0 Å². The van der Waals surface area contributed by atoms with Crippen molar-refractivity contribution in [3.8, 4) is 0 Å². The first kappa shape index (κ1) is 12.6. The molecule has 1 aromatic carbocycles. The van der Waals surface area contributed by atoms with Crippen molar-refractivity contribution in [3.05, 3.63) is 36.7 Å². The third-order valence-corrected chi connectivity index (χ3v) is 5.53. The van der Waals surface area contributed by atoms with Gasteiger partial charge in [-0.05, 0) is 25.0 Å². The van der Waals surface area contributed by atoms with E-state index in [9.17, 15) is 8.42 Å². The van der Waals surface area contributed by atoms with Crippen LogP contribution >= 0.6 is 0 Å². The maximum absolute atomic E-state index is 12.7. The number of hydrogen-bond acceptors (Lipinski definition) is 3. The fourth-order valence-electron chi connectivity index (χ4n) is 2.56. The quantitative estimate of drug-likeness (QED) is 0.846. The van der Waals surface area contributed by atoms with Crippen LogP contribution in [0.5, 0.6) is 0 Å². The highest BCUT2D eigenvalue weighted by atomic mass is 32.2. The van der Waals surface area contributed by atoms with Gasteiger partial charge in [0.15, 0.2) is 0 Å². The molecule has 0 atom stereocenters. The highest BCUT2D eigenvalue weighted by Crippen LogP contribution is 2.26. The third-order valence-electron chi connectivity index (χ3n) is 3.57. The average Bonchev–Trinajstić information content (AvgIpc) is 2.47. The van der Waals surface area contributed by atoms with Crippen LogP contribution in [-0.4, -0.2) is 30.8 Å². The normalized spacial score (nSPS) is 17.7. The van der Waals surface area contributed by atoms with Crippen LogP contribution in [0.15, 0.2) is 41.6 Å². The smallest absolute Gasteiger partial charge is 0.243 e. The standard InChI is InChI=1S/C14H16N2O2S/c17-19(18,16-9-2-1-3-10-16)14-6-4-5-12-11-15-8-7-13(12)14/h4-8,11H,1-3,9-10H2. The minimum absolute atomic E-state index is 0.398. The fourth-order valence-corrected chi connectivity index (χ4v) is 4.29. The maximum atomic E-state index is 12.7. The summed E-state index contributed by atoms with van der Waals surface area (Å²) in [4.78, 5) is 4.44. The topological polar surface area (TPSA) is 50.3 Å². The zero-order valence-electron chi connectivity index (χ0n) is 10.6. The van der Waals surface area contributed by atoms with Crippen molar-refractivity contribution in [2.24, 2.45) is 0 Å². The Morgan fingerprint density at radius 3 is 2.63 bits per heavy atom. The van der Waals surface area contributed by atoms with Crippen molar-refractivity contribution < 1.29 is 8.42 Å². The first-order valence-corrected chi connectivity index (χ1v) is 7.96. The van der Waals surface area contributed by atoms with Crippen molar-refractivity contribution in [3.63, 3.8) is 0 Å². The predicted octanol–water partition coefficient (Wildman–Crippen LogP) is 2.41. The molecule has 5 heteroatoms. The van der Waals surface area contributed by atoms with E-state index in [4.69, 9.17) is 0 Å². The van der Waals surface area contributed by atoms with Crippen molar-refractivity contribution >= 4 is 20.8 Å². The van der Waals surface area contributed by atoms with E-state index in [-0.39, 0.29) is 0 Å². The van der Waals surface area contributed by atoms with Gasteiger partial charge in [0.1, 0.15) is 0 Å². The molecule has 1 saturated heterocycles. The van der Waals surface area contributed by atoms with Crippen LogP contribution in [0, 0.1) is 0 Å². The van der Waals surface area contributed by atoms with Gasteiger partial charge in [-0.3, -0.25) is 4.98 Å². The molecule has 0 bridgehead atoms. The zero-order valence-corrected chi connectivity index (χ0v) is 11.4. The van der Waals surface area contributed by atoms with Crippen LogP contribution in [-0.2, 0) is 10.0 Å². The van der Waals surface area contributed by atoms with E-state index in [2.05, 4.69) is 4.98 Å². The van der Waals surface area contributed by atoms with Gasteiger partial charge >= 0.3 is 0 Å². The molecule has 3 rings (SSSR count). The van der Waals surface area contributed by atoms with Crippen LogP contribution in [0.4, 0.5) is 0 Å². The summed E-state index contributed by atoms with van der Waals surface area (Å²) in [5.74, 6) is 0. The van der Waals surface area contributed by atoms with Gasteiger partial charge in [0.05, 0.1) is 4.90 Å². The molecule has 2 aromatic rings. The summed E-state index contributed by atoms with van der Waals surface area (Å²) in [7, 11) is -3.38. The van der Waals surface area contributed by atoms with Crippen LogP contribution in [0.25, 0.3) is 10.8 Å². The van der Waals surface area contributed by atoms with E-state index in [0.29, 0.717) is 18.0 Å². The van der Waals surface area contributed by atoms with Gasteiger partial charge < -0.3 is 0 Å². The number of nitrogens with zero attached hydrogens (tertiary/aromatic N) is 2. The number of pyridine rings is 1. The summed E-state index contributed by atoms with van der Waals surface area (Å²) in [5.41, 5.74) is 0. The molecule has 0 radical (unpaired) electrons. The Morgan fingerprint density at radius 1 is 1.05 bits per heavy atom. The van der Waals surface area contributed by atoms with Crippen LogP contribution in [0.1, 0.15) is 19.3 Å². The van der Waals surface area contributed by atoms with Crippen molar-refractivity contribution in [2.75, 3.05) is 13.1 Å². The first-order valence-electron chi connectivity index (χ1n) is 6.52. The molecular formula is C14H16N2O2S. The minimum atomic E-state index is -3.38. The Balaban J connectivity index is 2.12. The highest BCUT2D eigenvalue weighted by Gasteiger charge is 2.27. The second-order valence-corrected chi connectivity index (χ2v) is 6.72. The molecule has 0 spiro atoms. The van der Waals surface area contributed by atoms with E-state index in [1.807, 2.05) is 6.07 Å². The number of rotatable bonds is 2. The van der Waals surface area contributed by atoms with E-state index in [1.54, 1.807) is 34.9 Å². The summed E-state index contributed by atoms with van der Waals surface area (Å²) in [6.45, 7) is 1.26. The first-order chi connectivity index (χ1) is 9.19. The van der Waals surface area contributed by atoms with Gasteiger partial charge in [-0.2, -0.15) is 4.31 Å². The lowest BCUT2D eigenvalue weighted by Crippen LogP contribution is -2.35. The van der Waals surface area contributed by atoms with Gasteiger partial charge in [-0.15, -0.1) is 0 Å². The molecule has 2 heterocycles. The molecule has 0 N–H and O–H groups in total.